The van der Waals surface area contributed by atoms with Crippen molar-refractivity contribution in [2.45, 2.75) is 13.0 Å². The molecule has 0 saturated carbocycles. The third-order valence-electron chi connectivity index (χ3n) is 1.32. The highest BCUT2D eigenvalue weighted by Crippen LogP contribution is 2.20. The normalized spacial score (nSPS) is 12.1. The zero-order valence-corrected chi connectivity index (χ0v) is 6.37. The van der Waals surface area contributed by atoms with Gasteiger partial charge >= 0.3 is 0 Å². The highest BCUT2D eigenvalue weighted by molar-refractivity contribution is 5.15. The van der Waals surface area contributed by atoms with Gasteiger partial charge in [0.1, 0.15) is 0 Å². The Morgan fingerprint density at radius 1 is 1.82 bits per heavy atom. The number of rotatable bonds is 2. The minimum Gasteiger partial charge on any atom is -0.479 e. The lowest BCUT2D eigenvalue weighted by Gasteiger charge is -1.87. The summed E-state index contributed by atoms with van der Waals surface area (Å²) in [7, 11) is 1.50. The summed E-state index contributed by atoms with van der Waals surface area (Å²) in [6.45, 7) is 8.45. The summed E-state index contributed by atoms with van der Waals surface area (Å²) in [6, 6.07) is 1.33. The monoisotopic (exact) mass is 152 g/mol. The molecule has 0 fully saturated rings. The van der Waals surface area contributed by atoms with Gasteiger partial charge in [-0.1, -0.05) is 0 Å². The van der Waals surface area contributed by atoms with Crippen molar-refractivity contribution >= 4 is 0 Å². The Hall–Kier alpha value is -1.50. The number of methoxy groups -OCH3 is 1. The lowest BCUT2D eigenvalue weighted by atomic mass is 10.3. The Morgan fingerprint density at radius 2 is 2.55 bits per heavy atom. The van der Waals surface area contributed by atoms with Gasteiger partial charge in [-0.3, -0.25) is 0 Å². The Balaban J connectivity index is 2.82. The molecular formula is C7H8N2O2. The van der Waals surface area contributed by atoms with E-state index >= 15 is 0 Å². The van der Waals surface area contributed by atoms with Crippen molar-refractivity contribution in [3.63, 3.8) is 0 Å². The molecule has 1 atom stereocenters. The predicted molar refractivity (Wildman–Crippen MR) is 38.1 cm³/mol. The molecule has 11 heavy (non-hydrogen) atoms. The van der Waals surface area contributed by atoms with E-state index in [0.717, 1.165) is 0 Å². The molecule has 0 saturated heterocycles. The van der Waals surface area contributed by atoms with E-state index in [-0.39, 0.29) is 6.04 Å². The number of ether oxygens (including phenoxy) is 1. The fourth-order valence-electron chi connectivity index (χ4n) is 0.629. The van der Waals surface area contributed by atoms with Gasteiger partial charge in [0, 0.05) is 6.92 Å². The molecule has 0 spiro atoms. The summed E-state index contributed by atoms with van der Waals surface area (Å²) in [5, 5.41) is 3.56. The molecule has 0 aliphatic carbocycles. The molecule has 1 aromatic heterocycles. The fraction of sp³-hybridized carbons (Fsp3) is 0.429. The minimum absolute atomic E-state index is 0.286. The maximum absolute atomic E-state index is 6.71. The molecule has 4 nitrogen and oxygen atoms in total. The number of nitrogens with zero attached hydrogens (tertiary/aromatic N) is 2. The maximum Gasteiger partial charge on any atom is 0.280 e. The van der Waals surface area contributed by atoms with Crippen LogP contribution in [0.2, 0.25) is 0 Å². The number of hydrogen-bond acceptors (Lipinski definition) is 3. The van der Waals surface area contributed by atoms with Crippen molar-refractivity contribution in [2.75, 3.05) is 7.11 Å². The first-order chi connectivity index (χ1) is 5.27. The lowest BCUT2D eigenvalue weighted by Crippen LogP contribution is -1.81. The largest absolute Gasteiger partial charge is 0.479 e. The summed E-state index contributed by atoms with van der Waals surface area (Å²) < 4.78 is 9.60. The van der Waals surface area contributed by atoms with E-state index in [0.29, 0.717) is 11.6 Å². The van der Waals surface area contributed by atoms with Gasteiger partial charge in [-0.2, -0.15) is 0 Å². The highest BCUT2D eigenvalue weighted by atomic mass is 16.5. The number of aromatic nitrogens is 1. The van der Waals surface area contributed by atoms with Crippen molar-refractivity contribution in [3.8, 4) is 5.88 Å². The van der Waals surface area contributed by atoms with E-state index < -0.39 is 0 Å². The molecule has 0 radical (unpaired) electrons. The van der Waals surface area contributed by atoms with Crippen LogP contribution in [-0.4, -0.2) is 12.3 Å². The van der Waals surface area contributed by atoms with Crippen LogP contribution in [0.15, 0.2) is 10.6 Å². The summed E-state index contributed by atoms with van der Waals surface area (Å²) in [4.78, 5) is 3.27. The van der Waals surface area contributed by atoms with E-state index in [2.05, 4.69) is 10.0 Å². The topological polar surface area (TPSA) is 39.6 Å². The van der Waals surface area contributed by atoms with E-state index in [1.165, 1.54) is 7.11 Å². The molecular weight excluding hydrogens is 144 g/mol. The standard InChI is InChI=1S/C7H8N2O2/c1-5(8-2)6-4-7(10-3)9-11-6/h4-5H,1,3H3. The zero-order valence-electron chi connectivity index (χ0n) is 6.37. The van der Waals surface area contributed by atoms with E-state index in [1.54, 1.807) is 13.0 Å². The molecule has 0 N–H and O–H groups in total. The van der Waals surface area contributed by atoms with Crippen molar-refractivity contribution in [1.29, 1.82) is 0 Å². The SMILES string of the molecule is [C-]#[N+]C(C)c1cc(OC)no1. The van der Waals surface area contributed by atoms with E-state index in [1.807, 2.05) is 0 Å². The second-order valence-electron chi connectivity index (χ2n) is 2.08. The van der Waals surface area contributed by atoms with Gasteiger partial charge in [0.25, 0.3) is 11.9 Å². The first-order valence-electron chi connectivity index (χ1n) is 3.15. The van der Waals surface area contributed by atoms with Crippen LogP contribution in [0.3, 0.4) is 0 Å². The van der Waals surface area contributed by atoms with Crippen LogP contribution < -0.4 is 4.74 Å². The minimum atomic E-state index is -0.286. The van der Waals surface area contributed by atoms with Crippen LogP contribution in [0, 0.1) is 6.57 Å². The predicted octanol–water partition coefficient (Wildman–Crippen LogP) is 1.66. The highest BCUT2D eigenvalue weighted by Gasteiger charge is 2.15. The fourth-order valence-corrected chi connectivity index (χ4v) is 0.629. The van der Waals surface area contributed by atoms with Crippen LogP contribution in [0.4, 0.5) is 0 Å². The molecule has 1 aromatic rings. The van der Waals surface area contributed by atoms with Gasteiger partial charge < -0.3 is 14.1 Å². The lowest BCUT2D eigenvalue weighted by molar-refractivity contribution is 0.324. The third kappa shape index (κ3) is 1.49. The molecule has 1 heterocycles. The van der Waals surface area contributed by atoms with Crippen molar-refractivity contribution in [1.82, 2.24) is 5.16 Å². The summed E-state index contributed by atoms with van der Waals surface area (Å²) in [5.74, 6) is 0.951. The van der Waals surface area contributed by atoms with Gasteiger partial charge in [-0.25, -0.2) is 6.57 Å². The third-order valence-corrected chi connectivity index (χ3v) is 1.32. The first kappa shape index (κ1) is 7.61. The molecule has 0 aromatic carbocycles. The van der Waals surface area contributed by atoms with Gasteiger partial charge in [0.05, 0.1) is 13.2 Å². The van der Waals surface area contributed by atoms with Crippen molar-refractivity contribution in [2.24, 2.45) is 0 Å². The molecule has 58 valence electrons. The molecule has 0 amide bonds. The second-order valence-corrected chi connectivity index (χ2v) is 2.08. The molecule has 0 aliphatic heterocycles. The van der Waals surface area contributed by atoms with Crippen LogP contribution in [-0.2, 0) is 0 Å². The van der Waals surface area contributed by atoms with Crippen molar-refractivity contribution in [3.05, 3.63) is 23.2 Å². The van der Waals surface area contributed by atoms with Crippen molar-refractivity contribution < 1.29 is 9.26 Å². The van der Waals surface area contributed by atoms with Crippen LogP contribution in [0.1, 0.15) is 18.7 Å². The molecule has 1 rings (SSSR count). The van der Waals surface area contributed by atoms with Gasteiger partial charge in [0.2, 0.25) is 5.76 Å². The Labute approximate surface area is 64.6 Å². The summed E-state index contributed by atoms with van der Waals surface area (Å²) in [5.41, 5.74) is 0. The zero-order chi connectivity index (χ0) is 8.27. The molecule has 0 bridgehead atoms. The Morgan fingerprint density at radius 3 is 3.00 bits per heavy atom. The molecule has 4 heteroatoms. The average Bonchev–Trinajstić information content (AvgIpc) is 2.50. The van der Waals surface area contributed by atoms with Crippen LogP contribution in [0.5, 0.6) is 5.88 Å². The van der Waals surface area contributed by atoms with Gasteiger partial charge in [0.15, 0.2) is 0 Å². The summed E-state index contributed by atoms with van der Waals surface area (Å²) in [6.07, 6.45) is 0. The Bertz CT molecular complexity index is 274. The smallest absolute Gasteiger partial charge is 0.280 e. The average molecular weight is 152 g/mol. The molecule has 0 aliphatic rings. The van der Waals surface area contributed by atoms with Gasteiger partial charge in [-0.15, -0.1) is 0 Å². The van der Waals surface area contributed by atoms with E-state index in [9.17, 15) is 0 Å². The molecule has 1 unspecified atom stereocenters. The Kier molecular flexibility index (Phi) is 2.12. The first-order valence-corrected chi connectivity index (χ1v) is 3.15. The van der Waals surface area contributed by atoms with Gasteiger partial charge in [-0.05, 0) is 5.16 Å². The quantitative estimate of drug-likeness (QED) is 0.605. The maximum atomic E-state index is 6.71. The van der Waals surface area contributed by atoms with E-state index in [4.69, 9.17) is 15.8 Å². The number of hydrogen-bond donors (Lipinski definition) is 0. The van der Waals surface area contributed by atoms with Crippen LogP contribution in [0.25, 0.3) is 4.85 Å². The van der Waals surface area contributed by atoms with Crippen LogP contribution >= 0.6 is 0 Å². The summed E-state index contributed by atoms with van der Waals surface area (Å²) >= 11 is 0. The second kappa shape index (κ2) is 3.06.